The van der Waals surface area contributed by atoms with E-state index in [1.54, 1.807) is 18.7 Å². The first kappa shape index (κ1) is 11.8. The molecule has 0 saturated carbocycles. The minimum atomic E-state index is -0.666. The Hall–Kier alpha value is -1.68. The highest BCUT2D eigenvalue weighted by atomic mass is 16.3. The largest absolute Gasteiger partial charge is 0.382 e. The van der Waals surface area contributed by atoms with E-state index in [4.69, 9.17) is 0 Å². The van der Waals surface area contributed by atoms with Gasteiger partial charge < -0.3 is 9.67 Å². The summed E-state index contributed by atoms with van der Waals surface area (Å²) in [6.07, 6.45) is 7.31. The summed E-state index contributed by atoms with van der Waals surface area (Å²) in [5, 5.41) is 10.3. The zero-order valence-corrected chi connectivity index (χ0v) is 10.2. The number of nitrogens with zero attached hydrogens (tertiary/aromatic N) is 3. The van der Waals surface area contributed by atoms with Gasteiger partial charge in [0.15, 0.2) is 0 Å². The highest BCUT2D eigenvalue weighted by Crippen LogP contribution is 2.23. The van der Waals surface area contributed by atoms with Crippen LogP contribution in [-0.2, 0) is 13.0 Å². The van der Waals surface area contributed by atoms with E-state index in [1.165, 1.54) is 0 Å². The molecule has 2 heterocycles. The Morgan fingerprint density at radius 2 is 2.24 bits per heavy atom. The van der Waals surface area contributed by atoms with E-state index in [-0.39, 0.29) is 0 Å². The smallest absolute Gasteiger partial charge is 0.123 e. The van der Waals surface area contributed by atoms with Gasteiger partial charge >= 0.3 is 0 Å². The van der Waals surface area contributed by atoms with Gasteiger partial charge in [0.25, 0.3) is 0 Å². The Labute approximate surface area is 101 Å². The second kappa shape index (κ2) is 5.10. The molecule has 0 aliphatic heterocycles. The Kier molecular flexibility index (Phi) is 3.54. The molecule has 2 rings (SSSR count). The highest BCUT2D eigenvalue weighted by molar-refractivity contribution is 5.30. The molecule has 0 aliphatic rings. The van der Waals surface area contributed by atoms with Gasteiger partial charge in [-0.15, -0.1) is 0 Å². The molecule has 0 amide bonds. The molecule has 0 aliphatic carbocycles. The molecule has 1 unspecified atom stereocenters. The van der Waals surface area contributed by atoms with Crippen LogP contribution in [0, 0.1) is 0 Å². The molecule has 0 spiro atoms. The van der Waals surface area contributed by atoms with Crippen molar-refractivity contribution in [3.8, 4) is 0 Å². The maximum absolute atomic E-state index is 10.3. The van der Waals surface area contributed by atoms with Crippen LogP contribution in [0.2, 0.25) is 0 Å². The summed E-state index contributed by atoms with van der Waals surface area (Å²) in [5.74, 6) is 0. The molecule has 2 aromatic heterocycles. The van der Waals surface area contributed by atoms with E-state index in [0.717, 1.165) is 24.1 Å². The number of aliphatic hydroxyl groups is 1. The summed E-state index contributed by atoms with van der Waals surface area (Å²) in [6, 6.07) is 1.86. The monoisotopic (exact) mass is 231 g/mol. The van der Waals surface area contributed by atoms with E-state index in [0.29, 0.717) is 5.69 Å². The first-order valence-electron chi connectivity index (χ1n) is 5.88. The molecule has 0 bridgehead atoms. The third-order valence-corrected chi connectivity index (χ3v) is 2.92. The van der Waals surface area contributed by atoms with E-state index in [9.17, 15) is 5.11 Å². The number of hydrogen-bond donors (Lipinski definition) is 1. The summed E-state index contributed by atoms with van der Waals surface area (Å²) >= 11 is 0. The Morgan fingerprint density at radius 1 is 1.41 bits per heavy atom. The molecule has 2 aromatic rings. The van der Waals surface area contributed by atoms with E-state index in [1.807, 2.05) is 23.8 Å². The normalized spacial score (nSPS) is 12.6. The SMILES string of the molecule is CCc1cnccc1C(O)c1cn(CC)cn1. The molecule has 17 heavy (non-hydrogen) atoms. The second-order valence-corrected chi connectivity index (χ2v) is 3.96. The van der Waals surface area contributed by atoms with Crippen molar-refractivity contribution in [2.24, 2.45) is 0 Å². The Balaban J connectivity index is 2.32. The minimum Gasteiger partial charge on any atom is -0.382 e. The molecular weight excluding hydrogens is 214 g/mol. The number of aryl methyl sites for hydroxylation is 2. The molecule has 4 heteroatoms. The number of aromatic nitrogens is 3. The molecule has 90 valence electrons. The van der Waals surface area contributed by atoms with Crippen LogP contribution in [0.5, 0.6) is 0 Å². The van der Waals surface area contributed by atoms with Gasteiger partial charge in [0.05, 0.1) is 12.0 Å². The zero-order valence-electron chi connectivity index (χ0n) is 10.2. The van der Waals surface area contributed by atoms with Gasteiger partial charge in [-0.1, -0.05) is 6.92 Å². The number of imidazole rings is 1. The Bertz CT molecular complexity index is 493. The zero-order chi connectivity index (χ0) is 12.3. The standard InChI is InChI=1S/C13H17N3O/c1-3-10-7-14-6-5-11(10)13(17)12-8-16(4-2)9-15-12/h5-9,13,17H,3-4H2,1-2H3. The van der Waals surface area contributed by atoms with E-state index >= 15 is 0 Å². The number of hydrogen-bond acceptors (Lipinski definition) is 3. The lowest BCUT2D eigenvalue weighted by molar-refractivity contribution is 0.214. The van der Waals surface area contributed by atoms with E-state index in [2.05, 4.69) is 16.9 Å². The number of aliphatic hydroxyl groups excluding tert-OH is 1. The van der Waals surface area contributed by atoms with Gasteiger partial charge in [-0.05, 0) is 30.5 Å². The topological polar surface area (TPSA) is 50.9 Å². The summed E-state index contributed by atoms with van der Waals surface area (Å²) in [7, 11) is 0. The third-order valence-electron chi connectivity index (χ3n) is 2.92. The van der Waals surface area contributed by atoms with Crippen LogP contribution in [0.25, 0.3) is 0 Å². The van der Waals surface area contributed by atoms with Crippen LogP contribution in [-0.4, -0.2) is 19.6 Å². The van der Waals surface area contributed by atoms with Gasteiger partial charge in [0.2, 0.25) is 0 Å². The van der Waals surface area contributed by atoms with E-state index < -0.39 is 6.10 Å². The molecule has 0 fully saturated rings. The van der Waals surface area contributed by atoms with Crippen LogP contribution in [0.3, 0.4) is 0 Å². The van der Waals surface area contributed by atoms with Crippen LogP contribution in [0.1, 0.15) is 36.8 Å². The van der Waals surface area contributed by atoms with Crippen LogP contribution < -0.4 is 0 Å². The number of pyridine rings is 1. The van der Waals surface area contributed by atoms with Crippen molar-refractivity contribution >= 4 is 0 Å². The second-order valence-electron chi connectivity index (χ2n) is 3.96. The van der Waals surface area contributed by atoms with Gasteiger partial charge in [-0.2, -0.15) is 0 Å². The molecule has 0 saturated heterocycles. The molecular formula is C13H17N3O. The maximum atomic E-state index is 10.3. The van der Waals surface area contributed by atoms with Crippen molar-refractivity contribution in [1.29, 1.82) is 0 Å². The maximum Gasteiger partial charge on any atom is 0.123 e. The van der Waals surface area contributed by atoms with Crippen LogP contribution in [0.15, 0.2) is 31.0 Å². The van der Waals surface area contributed by atoms with Gasteiger partial charge in [0.1, 0.15) is 6.10 Å². The van der Waals surface area contributed by atoms with Gasteiger partial charge in [-0.25, -0.2) is 4.98 Å². The lowest BCUT2D eigenvalue weighted by Gasteiger charge is -2.12. The summed E-state index contributed by atoms with van der Waals surface area (Å²) < 4.78 is 1.95. The van der Waals surface area contributed by atoms with Gasteiger partial charge in [0, 0.05) is 25.1 Å². The predicted molar refractivity (Wildman–Crippen MR) is 65.6 cm³/mol. The fourth-order valence-electron chi connectivity index (χ4n) is 1.85. The highest BCUT2D eigenvalue weighted by Gasteiger charge is 2.16. The van der Waals surface area contributed by atoms with Crippen molar-refractivity contribution in [1.82, 2.24) is 14.5 Å². The quantitative estimate of drug-likeness (QED) is 0.875. The molecule has 1 N–H and O–H groups in total. The number of rotatable bonds is 4. The molecule has 1 atom stereocenters. The lowest BCUT2D eigenvalue weighted by atomic mass is 10.0. The average molecular weight is 231 g/mol. The van der Waals surface area contributed by atoms with Crippen LogP contribution in [0.4, 0.5) is 0 Å². The summed E-state index contributed by atoms with van der Waals surface area (Å²) in [4.78, 5) is 8.31. The fraction of sp³-hybridized carbons (Fsp3) is 0.385. The summed E-state index contributed by atoms with van der Waals surface area (Å²) in [6.45, 7) is 4.95. The predicted octanol–water partition coefficient (Wildman–Crippen LogP) is 1.94. The molecule has 0 radical (unpaired) electrons. The van der Waals surface area contributed by atoms with Crippen molar-refractivity contribution < 1.29 is 5.11 Å². The lowest BCUT2D eigenvalue weighted by Crippen LogP contribution is -2.04. The summed E-state index contributed by atoms with van der Waals surface area (Å²) in [5.41, 5.74) is 2.64. The minimum absolute atomic E-state index is 0.666. The van der Waals surface area contributed by atoms with Crippen molar-refractivity contribution in [3.63, 3.8) is 0 Å². The molecule has 0 aromatic carbocycles. The average Bonchev–Trinajstić information content (AvgIpc) is 2.86. The first-order valence-corrected chi connectivity index (χ1v) is 5.88. The van der Waals surface area contributed by atoms with Crippen LogP contribution >= 0.6 is 0 Å². The molecule has 4 nitrogen and oxygen atoms in total. The van der Waals surface area contributed by atoms with Crippen molar-refractivity contribution in [2.75, 3.05) is 0 Å². The fourth-order valence-corrected chi connectivity index (χ4v) is 1.85. The van der Waals surface area contributed by atoms with Crippen molar-refractivity contribution in [3.05, 3.63) is 47.8 Å². The van der Waals surface area contributed by atoms with Gasteiger partial charge in [-0.3, -0.25) is 4.98 Å². The Morgan fingerprint density at radius 3 is 2.88 bits per heavy atom. The first-order chi connectivity index (χ1) is 8.26. The van der Waals surface area contributed by atoms with Crippen molar-refractivity contribution in [2.45, 2.75) is 32.9 Å². The third kappa shape index (κ3) is 2.36.